The van der Waals surface area contributed by atoms with Gasteiger partial charge in [0.05, 0.1) is 12.3 Å². The highest BCUT2D eigenvalue weighted by atomic mass is 32.2. The maximum Gasteiger partial charge on any atom is 0.320 e. The van der Waals surface area contributed by atoms with E-state index in [1.54, 1.807) is 31.2 Å². The van der Waals surface area contributed by atoms with E-state index in [9.17, 15) is 23.1 Å². The summed E-state index contributed by atoms with van der Waals surface area (Å²) in [4.78, 5) is 23.8. The topological polar surface area (TPSA) is 125 Å². The zero-order valence-corrected chi connectivity index (χ0v) is 17.0. The minimum atomic E-state index is -3.38. The van der Waals surface area contributed by atoms with E-state index in [2.05, 4.69) is 15.4 Å². The Bertz CT molecular complexity index is 749. The Morgan fingerprint density at radius 2 is 1.85 bits per heavy atom. The summed E-state index contributed by atoms with van der Waals surface area (Å²) >= 11 is 0. The number of carbonyl (C=O) groups excluding carboxylic acids is 1. The van der Waals surface area contributed by atoms with Gasteiger partial charge in [0.15, 0.2) is 0 Å². The van der Waals surface area contributed by atoms with Crippen molar-refractivity contribution in [3.8, 4) is 0 Å². The van der Waals surface area contributed by atoms with Gasteiger partial charge in [0.1, 0.15) is 6.04 Å². The quantitative estimate of drug-likeness (QED) is 0.447. The molecule has 1 aromatic rings. The van der Waals surface area contributed by atoms with Crippen LogP contribution in [0, 0.1) is 5.92 Å². The highest BCUT2D eigenvalue weighted by Gasteiger charge is 2.25. The van der Waals surface area contributed by atoms with Gasteiger partial charge in [-0.2, -0.15) is 0 Å². The molecule has 0 saturated heterocycles. The zero-order chi connectivity index (χ0) is 20.6. The van der Waals surface area contributed by atoms with E-state index in [1.807, 2.05) is 13.8 Å². The summed E-state index contributed by atoms with van der Waals surface area (Å²) in [5, 5.41) is 14.9. The standard InChI is InChI=1S/C18H29N3O5S/c1-5-15(18(23)24)20-16(9-12(2)3)17(22)19-11-13-7-6-8-14(10-13)21-27(4,25)26/h6-8,10,12,15-16,20-21H,5,9,11H2,1-4H3,(H,19,22)(H,23,24)/t15-,16+/m1/s1. The fourth-order valence-corrected chi connectivity index (χ4v) is 3.16. The second kappa shape index (κ2) is 10.3. The van der Waals surface area contributed by atoms with Crippen molar-refractivity contribution in [2.45, 2.75) is 52.2 Å². The van der Waals surface area contributed by atoms with Crippen molar-refractivity contribution in [2.24, 2.45) is 5.92 Å². The van der Waals surface area contributed by atoms with Crippen LogP contribution in [-0.2, 0) is 26.2 Å². The van der Waals surface area contributed by atoms with E-state index in [0.717, 1.165) is 11.8 Å². The number of anilines is 1. The van der Waals surface area contributed by atoms with Crippen LogP contribution in [0.25, 0.3) is 0 Å². The minimum Gasteiger partial charge on any atom is -0.480 e. The van der Waals surface area contributed by atoms with E-state index >= 15 is 0 Å². The Kier molecular flexibility index (Phi) is 8.71. The molecule has 1 amide bonds. The third-order valence-corrected chi connectivity index (χ3v) is 4.44. The van der Waals surface area contributed by atoms with Gasteiger partial charge in [-0.15, -0.1) is 0 Å². The van der Waals surface area contributed by atoms with Crippen LogP contribution in [0.1, 0.15) is 39.2 Å². The van der Waals surface area contributed by atoms with E-state index in [0.29, 0.717) is 18.5 Å². The Labute approximate surface area is 160 Å². The highest BCUT2D eigenvalue weighted by molar-refractivity contribution is 7.92. The minimum absolute atomic E-state index is 0.207. The number of hydrogen-bond donors (Lipinski definition) is 4. The summed E-state index contributed by atoms with van der Waals surface area (Å²) in [6.45, 7) is 5.88. The molecule has 0 bridgehead atoms. The second-order valence-electron chi connectivity index (χ2n) is 6.94. The Morgan fingerprint density at radius 3 is 2.37 bits per heavy atom. The van der Waals surface area contributed by atoms with Gasteiger partial charge in [-0.3, -0.25) is 19.6 Å². The van der Waals surface area contributed by atoms with Crippen LogP contribution in [0.4, 0.5) is 5.69 Å². The maximum atomic E-state index is 12.6. The van der Waals surface area contributed by atoms with Crippen molar-refractivity contribution in [1.29, 1.82) is 0 Å². The largest absolute Gasteiger partial charge is 0.480 e. The molecule has 1 rings (SSSR count). The van der Waals surface area contributed by atoms with Gasteiger partial charge < -0.3 is 10.4 Å². The normalized spacial score (nSPS) is 13.8. The summed E-state index contributed by atoms with van der Waals surface area (Å²) in [6, 6.07) is 5.30. The predicted molar refractivity (Wildman–Crippen MR) is 105 cm³/mol. The fraction of sp³-hybridized carbons (Fsp3) is 0.556. The van der Waals surface area contributed by atoms with Crippen LogP contribution in [0.2, 0.25) is 0 Å². The summed E-state index contributed by atoms with van der Waals surface area (Å²) in [7, 11) is -3.38. The zero-order valence-electron chi connectivity index (χ0n) is 16.2. The fourth-order valence-electron chi connectivity index (χ4n) is 2.60. The molecule has 2 atom stereocenters. The van der Waals surface area contributed by atoms with E-state index in [-0.39, 0.29) is 18.4 Å². The molecule has 0 saturated carbocycles. The van der Waals surface area contributed by atoms with Crippen molar-refractivity contribution in [3.05, 3.63) is 29.8 Å². The van der Waals surface area contributed by atoms with Crippen molar-refractivity contribution < 1.29 is 23.1 Å². The molecule has 0 aromatic heterocycles. The van der Waals surface area contributed by atoms with Crippen LogP contribution >= 0.6 is 0 Å². The number of nitrogens with one attached hydrogen (secondary N) is 3. The molecule has 0 aliphatic rings. The number of amides is 1. The second-order valence-corrected chi connectivity index (χ2v) is 8.69. The first-order valence-corrected chi connectivity index (χ1v) is 10.7. The number of rotatable bonds is 11. The molecule has 0 aliphatic carbocycles. The summed E-state index contributed by atoms with van der Waals surface area (Å²) in [5.41, 5.74) is 1.14. The Hall–Kier alpha value is -2.13. The lowest BCUT2D eigenvalue weighted by Gasteiger charge is -2.23. The molecule has 0 fully saturated rings. The molecule has 0 unspecified atom stereocenters. The number of hydrogen-bond acceptors (Lipinski definition) is 5. The van der Waals surface area contributed by atoms with Gasteiger partial charge in [-0.25, -0.2) is 8.42 Å². The Balaban J connectivity index is 2.78. The first kappa shape index (κ1) is 22.9. The van der Waals surface area contributed by atoms with Gasteiger partial charge in [-0.05, 0) is 36.5 Å². The van der Waals surface area contributed by atoms with Gasteiger partial charge in [0.25, 0.3) is 0 Å². The summed E-state index contributed by atoms with van der Waals surface area (Å²) in [5.74, 6) is -1.06. The summed E-state index contributed by atoms with van der Waals surface area (Å²) in [6.07, 6.45) is 1.94. The molecule has 152 valence electrons. The average Bonchev–Trinajstić information content (AvgIpc) is 2.54. The van der Waals surface area contributed by atoms with Gasteiger partial charge >= 0.3 is 5.97 Å². The van der Waals surface area contributed by atoms with Gasteiger partial charge in [0, 0.05) is 12.2 Å². The molecule has 8 nitrogen and oxygen atoms in total. The average molecular weight is 400 g/mol. The maximum absolute atomic E-state index is 12.6. The number of aliphatic carboxylic acids is 1. The SMILES string of the molecule is CC[C@@H](N[C@@H](CC(C)C)C(=O)NCc1cccc(NS(C)(=O)=O)c1)C(=O)O. The van der Waals surface area contributed by atoms with Crippen molar-refractivity contribution >= 4 is 27.6 Å². The van der Waals surface area contributed by atoms with E-state index in [4.69, 9.17) is 0 Å². The molecular weight excluding hydrogens is 370 g/mol. The molecule has 0 heterocycles. The number of carboxylic acids is 1. The molecule has 1 aromatic carbocycles. The molecule has 0 radical (unpaired) electrons. The van der Waals surface area contributed by atoms with Gasteiger partial charge in [-0.1, -0.05) is 32.9 Å². The van der Waals surface area contributed by atoms with Crippen molar-refractivity contribution in [2.75, 3.05) is 11.0 Å². The van der Waals surface area contributed by atoms with E-state index in [1.165, 1.54) is 0 Å². The smallest absolute Gasteiger partial charge is 0.320 e. The number of sulfonamides is 1. The lowest BCUT2D eigenvalue weighted by atomic mass is 10.0. The monoisotopic (exact) mass is 399 g/mol. The first-order chi connectivity index (χ1) is 12.5. The van der Waals surface area contributed by atoms with Crippen LogP contribution in [-0.4, -0.2) is 43.7 Å². The number of benzene rings is 1. The van der Waals surface area contributed by atoms with Gasteiger partial charge in [0.2, 0.25) is 15.9 Å². The lowest BCUT2D eigenvalue weighted by Crippen LogP contribution is -2.51. The number of carbonyl (C=O) groups is 2. The molecule has 9 heteroatoms. The van der Waals surface area contributed by atoms with Crippen LogP contribution < -0.4 is 15.4 Å². The summed E-state index contributed by atoms with van der Waals surface area (Å²) < 4.78 is 25.0. The molecule has 4 N–H and O–H groups in total. The van der Waals surface area contributed by atoms with Crippen molar-refractivity contribution in [1.82, 2.24) is 10.6 Å². The van der Waals surface area contributed by atoms with Crippen LogP contribution in [0.5, 0.6) is 0 Å². The molecular formula is C18H29N3O5S. The van der Waals surface area contributed by atoms with E-state index < -0.39 is 28.1 Å². The Morgan fingerprint density at radius 1 is 1.19 bits per heavy atom. The molecule has 0 spiro atoms. The predicted octanol–water partition coefficient (Wildman–Crippen LogP) is 1.54. The highest BCUT2D eigenvalue weighted by Crippen LogP contribution is 2.12. The third kappa shape index (κ3) is 8.87. The lowest BCUT2D eigenvalue weighted by molar-refractivity contribution is -0.140. The molecule has 27 heavy (non-hydrogen) atoms. The molecule has 0 aliphatic heterocycles. The van der Waals surface area contributed by atoms with Crippen LogP contribution in [0.15, 0.2) is 24.3 Å². The first-order valence-electron chi connectivity index (χ1n) is 8.85. The van der Waals surface area contributed by atoms with Crippen molar-refractivity contribution in [3.63, 3.8) is 0 Å². The number of carboxylic acid groups (broad SMARTS) is 1. The third-order valence-electron chi connectivity index (χ3n) is 3.83. The van der Waals surface area contributed by atoms with Crippen LogP contribution in [0.3, 0.4) is 0 Å².